The zero-order chi connectivity index (χ0) is 12.3. The van der Waals surface area contributed by atoms with Crippen molar-refractivity contribution in [3.05, 3.63) is 41.8 Å². The van der Waals surface area contributed by atoms with E-state index in [4.69, 9.17) is 4.74 Å². The molecule has 4 nitrogen and oxygen atoms in total. The quantitative estimate of drug-likeness (QED) is 0.829. The summed E-state index contributed by atoms with van der Waals surface area (Å²) >= 11 is 0. The molecule has 1 N–H and O–H groups in total. The number of ether oxygens (including phenoxy) is 1. The van der Waals surface area contributed by atoms with Crippen LogP contribution in [0.1, 0.15) is 17.4 Å². The Morgan fingerprint density at radius 3 is 2.94 bits per heavy atom. The summed E-state index contributed by atoms with van der Waals surface area (Å²) < 4.78 is 18.3. The van der Waals surface area contributed by atoms with Crippen LogP contribution in [-0.4, -0.2) is 22.8 Å². The predicted octanol–water partition coefficient (Wildman–Crippen LogP) is 2.39. The maximum Gasteiger partial charge on any atom is 0.356 e. The fourth-order valence-corrected chi connectivity index (χ4v) is 1.44. The van der Waals surface area contributed by atoms with E-state index in [-0.39, 0.29) is 18.1 Å². The van der Waals surface area contributed by atoms with Gasteiger partial charge >= 0.3 is 5.97 Å². The van der Waals surface area contributed by atoms with Crippen molar-refractivity contribution in [3.63, 3.8) is 0 Å². The third-order valence-corrected chi connectivity index (χ3v) is 2.22. The van der Waals surface area contributed by atoms with Crippen LogP contribution in [0.5, 0.6) is 0 Å². The van der Waals surface area contributed by atoms with E-state index >= 15 is 0 Å². The van der Waals surface area contributed by atoms with Crippen LogP contribution in [0.2, 0.25) is 0 Å². The molecule has 0 radical (unpaired) electrons. The smallest absolute Gasteiger partial charge is 0.356 e. The lowest BCUT2D eigenvalue weighted by Crippen LogP contribution is -2.04. The summed E-state index contributed by atoms with van der Waals surface area (Å²) in [5, 5.41) is 6.41. The first-order valence-corrected chi connectivity index (χ1v) is 5.19. The van der Waals surface area contributed by atoms with Gasteiger partial charge in [-0.1, -0.05) is 12.1 Å². The Balaban J connectivity index is 2.30. The number of hydrogen-bond donors (Lipinski definition) is 1. The number of esters is 1. The standard InChI is InChI=1S/C12H11FN2O2/c1-2-17-12(16)11-7-10(14-15-11)8-5-3-4-6-9(8)13/h3-7H,2H2,1H3,(H,14,15). The molecular formula is C12H11FN2O2. The van der Waals surface area contributed by atoms with E-state index in [1.54, 1.807) is 25.1 Å². The van der Waals surface area contributed by atoms with Gasteiger partial charge in [-0.15, -0.1) is 0 Å². The van der Waals surface area contributed by atoms with Gasteiger partial charge in [-0.05, 0) is 25.1 Å². The predicted molar refractivity (Wildman–Crippen MR) is 59.9 cm³/mol. The maximum atomic E-state index is 13.5. The molecule has 17 heavy (non-hydrogen) atoms. The Hall–Kier alpha value is -2.17. The van der Waals surface area contributed by atoms with E-state index in [1.807, 2.05) is 0 Å². The first-order chi connectivity index (χ1) is 8.22. The minimum Gasteiger partial charge on any atom is -0.461 e. The second kappa shape index (κ2) is 4.78. The molecule has 0 aliphatic rings. The first-order valence-electron chi connectivity index (χ1n) is 5.19. The summed E-state index contributed by atoms with van der Waals surface area (Å²) in [5.74, 6) is -0.878. The molecule has 0 aliphatic heterocycles. The van der Waals surface area contributed by atoms with E-state index < -0.39 is 5.97 Å². The molecule has 0 saturated carbocycles. The van der Waals surface area contributed by atoms with Crippen LogP contribution in [0.25, 0.3) is 11.3 Å². The molecular weight excluding hydrogens is 223 g/mol. The highest BCUT2D eigenvalue weighted by atomic mass is 19.1. The number of carbonyl (C=O) groups excluding carboxylic acids is 1. The highest BCUT2D eigenvalue weighted by Crippen LogP contribution is 2.20. The Kier molecular flexibility index (Phi) is 3.18. The summed E-state index contributed by atoms with van der Waals surface area (Å²) in [7, 11) is 0. The minimum atomic E-state index is -0.498. The molecule has 2 aromatic rings. The summed E-state index contributed by atoms with van der Waals surface area (Å²) in [6.07, 6.45) is 0. The van der Waals surface area contributed by atoms with Crippen LogP contribution >= 0.6 is 0 Å². The lowest BCUT2D eigenvalue weighted by atomic mass is 10.1. The van der Waals surface area contributed by atoms with Crippen molar-refractivity contribution in [2.75, 3.05) is 6.61 Å². The average molecular weight is 234 g/mol. The van der Waals surface area contributed by atoms with Gasteiger partial charge in [0.15, 0.2) is 0 Å². The van der Waals surface area contributed by atoms with Crippen molar-refractivity contribution in [2.45, 2.75) is 6.92 Å². The number of nitrogens with zero attached hydrogens (tertiary/aromatic N) is 1. The van der Waals surface area contributed by atoms with Gasteiger partial charge in [0.1, 0.15) is 11.5 Å². The van der Waals surface area contributed by atoms with Crippen LogP contribution in [0.15, 0.2) is 30.3 Å². The summed E-state index contributed by atoms with van der Waals surface area (Å²) in [5.41, 5.74) is 0.940. The topological polar surface area (TPSA) is 55.0 Å². The molecule has 0 amide bonds. The van der Waals surface area contributed by atoms with Crippen molar-refractivity contribution >= 4 is 5.97 Å². The second-order valence-corrected chi connectivity index (χ2v) is 3.37. The highest BCUT2D eigenvalue weighted by molar-refractivity contribution is 5.88. The zero-order valence-corrected chi connectivity index (χ0v) is 9.24. The van der Waals surface area contributed by atoms with Crippen molar-refractivity contribution in [3.8, 4) is 11.3 Å². The fraction of sp³-hybridized carbons (Fsp3) is 0.167. The number of hydrogen-bond acceptors (Lipinski definition) is 3. The number of carbonyl (C=O) groups is 1. The lowest BCUT2D eigenvalue weighted by molar-refractivity contribution is 0.0519. The first kappa shape index (κ1) is 11.3. The van der Waals surface area contributed by atoms with Crippen LogP contribution < -0.4 is 0 Å². The summed E-state index contributed by atoms with van der Waals surface area (Å²) in [6.45, 7) is 2.00. The second-order valence-electron chi connectivity index (χ2n) is 3.37. The lowest BCUT2D eigenvalue weighted by Gasteiger charge is -1.97. The van der Waals surface area contributed by atoms with E-state index in [2.05, 4.69) is 10.2 Å². The molecule has 2 rings (SSSR count). The molecule has 0 spiro atoms. The Morgan fingerprint density at radius 2 is 2.24 bits per heavy atom. The Bertz CT molecular complexity index is 537. The fourth-order valence-electron chi connectivity index (χ4n) is 1.44. The summed E-state index contributed by atoms with van der Waals surface area (Å²) in [6, 6.07) is 7.71. The van der Waals surface area contributed by atoms with Gasteiger partial charge in [0.05, 0.1) is 12.3 Å². The van der Waals surface area contributed by atoms with Crippen molar-refractivity contribution in [2.24, 2.45) is 0 Å². The third kappa shape index (κ3) is 2.33. The monoisotopic (exact) mass is 234 g/mol. The van der Waals surface area contributed by atoms with Gasteiger partial charge in [0, 0.05) is 5.56 Å². The van der Waals surface area contributed by atoms with E-state index in [0.717, 1.165) is 0 Å². The molecule has 1 heterocycles. The molecule has 0 bridgehead atoms. The van der Waals surface area contributed by atoms with Gasteiger partial charge in [-0.2, -0.15) is 5.10 Å². The van der Waals surface area contributed by atoms with Gasteiger partial charge in [0.25, 0.3) is 0 Å². The van der Waals surface area contributed by atoms with E-state index in [0.29, 0.717) is 11.3 Å². The number of H-pyrrole nitrogens is 1. The molecule has 5 heteroatoms. The number of halogens is 1. The molecule has 88 valence electrons. The molecule has 0 atom stereocenters. The van der Waals surface area contributed by atoms with Gasteiger partial charge in [-0.3, -0.25) is 5.10 Å². The van der Waals surface area contributed by atoms with Gasteiger partial charge in [0.2, 0.25) is 0 Å². The van der Waals surface area contributed by atoms with Crippen LogP contribution in [0.3, 0.4) is 0 Å². The highest BCUT2D eigenvalue weighted by Gasteiger charge is 2.13. The summed E-state index contributed by atoms with van der Waals surface area (Å²) in [4.78, 5) is 11.4. The third-order valence-electron chi connectivity index (χ3n) is 2.22. The van der Waals surface area contributed by atoms with Crippen molar-refractivity contribution in [1.82, 2.24) is 10.2 Å². The molecule has 1 aromatic carbocycles. The molecule has 0 saturated heterocycles. The number of aromatic amines is 1. The van der Waals surface area contributed by atoms with Crippen molar-refractivity contribution < 1.29 is 13.9 Å². The number of aromatic nitrogens is 2. The molecule has 0 fully saturated rings. The van der Waals surface area contributed by atoms with E-state index in [9.17, 15) is 9.18 Å². The molecule has 1 aromatic heterocycles. The Labute approximate surface area is 97.4 Å². The molecule has 0 aliphatic carbocycles. The number of nitrogens with one attached hydrogen (secondary N) is 1. The van der Waals surface area contributed by atoms with E-state index in [1.165, 1.54) is 12.1 Å². The SMILES string of the molecule is CCOC(=O)c1cc(-c2ccccc2F)n[nH]1. The normalized spacial score (nSPS) is 10.2. The number of benzene rings is 1. The van der Waals surface area contributed by atoms with Gasteiger partial charge in [-0.25, -0.2) is 9.18 Å². The largest absolute Gasteiger partial charge is 0.461 e. The molecule has 0 unspecified atom stereocenters. The maximum absolute atomic E-state index is 13.5. The number of rotatable bonds is 3. The average Bonchev–Trinajstić information content (AvgIpc) is 2.79. The van der Waals surface area contributed by atoms with Crippen LogP contribution in [0, 0.1) is 5.82 Å². The van der Waals surface area contributed by atoms with Crippen LogP contribution in [-0.2, 0) is 4.74 Å². The Morgan fingerprint density at radius 1 is 1.47 bits per heavy atom. The minimum absolute atomic E-state index is 0.213. The zero-order valence-electron chi connectivity index (χ0n) is 9.24. The van der Waals surface area contributed by atoms with Gasteiger partial charge < -0.3 is 4.74 Å². The van der Waals surface area contributed by atoms with Crippen molar-refractivity contribution in [1.29, 1.82) is 0 Å². The van der Waals surface area contributed by atoms with Crippen LogP contribution in [0.4, 0.5) is 4.39 Å².